The van der Waals surface area contributed by atoms with Gasteiger partial charge >= 0.3 is 0 Å². The molecule has 3 aromatic carbocycles. The summed E-state index contributed by atoms with van der Waals surface area (Å²) in [7, 11) is -3.32. The molecular weight excluding hydrogens is 324 g/mol. The molecular formula is C18H14N2O3S. The number of hydrogen-bond donors (Lipinski definition) is 1. The van der Waals surface area contributed by atoms with Crippen LogP contribution in [0.4, 0.5) is 5.69 Å². The molecule has 0 fully saturated rings. The van der Waals surface area contributed by atoms with Gasteiger partial charge in [0.1, 0.15) is 5.52 Å². The zero-order valence-electron chi connectivity index (χ0n) is 12.9. The number of nitrogens with one attached hydrogen (secondary N) is 1. The fourth-order valence-electron chi connectivity index (χ4n) is 2.65. The van der Waals surface area contributed by atoms with Gasteiger partial charge < -0.3 is 4.42 Å². The van der Waals surface area contributed by atoms with Gasteiger partial charge in [-0.25, -0.2) is 13.4 Å². The predicted molar refractivity (Wildman–Crippen MR) is 95.4 cm³/mol. The normalized spacial score (nSPS) is 11.9. The number of hydrogen-bond acceptors (Lipinski definition) is 4. The molecule has 0 radical (unpaired) electrons. The zero-order chi connectivity index (χ0) is 16.7. The van der Waals surface area contributed by atoms with Crippen LogP contribution in [0.1, 0.15) is 0 Å². The van der Waals surface area contributed by atoms with Crippen LogP contribution in [0.5, 0.6) is 0 Å². The molecule has 0 bridgehead atoms. The van der Waals surface area contributed by atoms with E-state index in [4.69, 9.17) is 4.42 Å². The number of benzene rings is 3. The third-order valence-electron chi connectivity index (χ3n) is 3.69. The minimum atomic E-state index is -3.32. The van der Waals surface area contributed by atoms with E-state index in [9.17, 15) is 8.42 Å². The highest BCUT2D eigenvalue weighted by Crippen LogP contribution is 2.28. The molecule has 1 aromatic heterocycles. The Kier molecular flexibility index (Phi) is 3.28. The van der Waals surface area contributed by atoms with E-state index in [0.717, 1.165) is 22.6 Å². The number of sulfonamides is 1. The predicted octanol–water partition coefficient (Wildman–Crippen LogP) is 4.02. The first-order chi connectivity index (χ1) is 11.5. The van der Waals surface area contributed by atoms with Gasteiger partial charge in [-0.05, 0) is 41.1 Å². The summed E-state index contributed by atoms with van der Waals surface area (Å²) in [5, 5.41) is 2.26. The van der Waals surface area contributed by atoms with E-state index in [1.807, 2.05) is 42.5 Å². The summed E-state index contributed by atoms with van der Waals surface area (Å²) in [6, 6.07) is 19.1. The molecule has 0 aliphatic carbocycles. The van der Waals surface area contributed by atoms with Crippen molar-refractivity contribution in [3.63, 3.8) is 0 Å². The summed E-state index contributed by atoms with van der Waals surface area (Å²) >= 11 is 0. The molecule has 4 rings (SSSR count). The second-order valence-corrected chi connectivity index (χ2v) is 7.39. The van der Waals surface area contributed by atoms with Crippen LogP contribution in [0.15, 0.2) is 65.1 Å². The van der Waals surface area contributed by atoms with E-state index in [0.29, 0.717) is 22.7 Å². The third kappa shape index (κ3) is 2.83. The lowest BCUT2D eigenvalue weighted by molar-refractivity contribution is 0.606. The maximum absolute atomic E-state index is 11.3. The van der Waals surface area contributed by atoms with E-state index < -0.39 is 10.0 Å². The van der Waals surface area contributed by atoms with E-state index in [2.05, 4.69) is 9.71 Å². The summed E-state index contributed by atoms with van der Waals surface area (Å²) in [6.45, 7) is 0. The first-order valence-electron chi connectivity index (χ1n) is 7.35. The second kappa shape index (κ2) is 5.35. The molecule has 24 heavy (non-hydrogen) atoms. The van der Waals surface area contributed by atoms with Crippen molar-refractivity contribution >= 4 is 37.6 Å². The van der Waals surface area contributed by atoms with Crippen LogP contribution in [0.2, 0.25) is 0 Å². The molecule has 5 nitrogen and oxygen atoms in total. The Labute approximate surface area is 139 Å². The summed E-state index contributed by atoms with van der Waals surface area (Å²) in [4.78, 5) is 4.48. The molecule has 0 spiro atoms. The molecule has 0 unspecified atom stereocenters. The maximum Gasteiger partial charge on any atom is 0.229 e. The van der Waals surface area contributed by atoms with Gasteiger partial charge in [-0.15, -0.1) is 0 Å². The Morgan fingerprint density at radius 3 is 2.54 bits per heavy atom. The van der Waals surface area contributed by atoms with Gasteiger partial charge in [0.2, 0.25) is 15.9 Å². The summed E-state index contributed by atoms with van der Waals surface area (Å²) < 4.78 is 30.9. The number of aromatic nitrogens is 1. The van der Waals surface area contributed by atoms with Crippen LogP contribution in [0.25, 0.3) is 33.3 Å². The van der Waals surface area contributed by atoms with E-state index >= 15 is 0 Å². The van der Waals surface area contributed by atoms with Crippen molar-refractivity contribution in [2.45, 2.75) is 0 Å². The van der Waals surface area contributed by atoms with Crippen molar-refractivity contribution < 1.29 is 12.8 Å². The number of rotatable bonds is 3. The molecule has 0 aliphatic rings. The third-order valence-corrected chi connectivity index (χ3v) is 4.29. The minimum absolute atomic E-state index is 0.461. The van der Waals surface area contributed by atoms with Gasteiger partial charge in [0.05, 0.1) is 11.9 Å². The molecule has 120 valence electrons. The maximum atomic E-state index is 11.3. The molecule has 0 saturated heterocycles. The molecule has 1 N–H and O–H groups in total. The highest BCUT2D eigenvalue weighted by molar-refractivity contribution is 7.92. The number of anilines is 1. The van der Waals surface area contributed by atoms with E-state index in [1.165, 1.54) is 0 Å². The molecule has 0 amide bonds. The monoisotopic (exact) mass is 338 g/mol. The average molecular weight is 338 g/mol. The van der Waals surface area contributed by atoms with Gasteiger partial charge in [-0.3, -0.25) is 4.72 Å². The SMILES string of the molecule is CS(=O)(=O)Nc1ccc2oc(-c3ccc4ccccc4c3)nc2c1. The van der Waals surface area contributed by atoms with Gasteiger partial charge in [-0.1, -0.05) is 30.3 Å². The van der Waals surface area contributed by atoms with Crippen molar-refractivity contribution in [1.29, 1.82) is 0 Å². The smallest absolute Gasteiger partial charge is 0.229 e. The summed E-state index contributed by atoms with van der Waals surface area (Å²) in [5.41, 5.74) is 2.55. The molecule has 4 aromatic rings. The van der Waals surface area contributed by atoms with Crippen LogP contribution in [-0.4, -0.2) is 19.7 Å². The largest absolute Gasteiger partial charge is 0.436 e. The Morgan fingerprint density at radius 2 is 1.75 bits per heavy atom. The number of fused-ring (bicyclic) bond motifs is 2. The van der Waals surface area contributed by atoms with Crippen LogP contribution in [0, 0.1) is 0 Å². The number of nitrogens with zero attached hydrogens (tertiary/aromatic N) is 1. The Morgan fingerprint density at radius 1 is 0.958 bits per heavy atom. The Hall–Kier alpha value is -2.86. The lowest BCUT2D eigenvalue weighted by Gasteiger charge is -2.01. The Bertz CT molecular complexity index is 1160. The zero-order valence-corrected chi connectivity index (χ0v) is 13.7. The lowest BCUT2D eigenvalue weighted by atomic mass is 10.1. The van der Waals surface area contributed by atoms with Crippen LogP contribution < -0.4 is 4.72 Å². The lowest BCUT2D eigenvalue weighted by Crippen LogP contribution is -2.09. The van der Waals surface area contributed by atoms with E-state index in [1.54, 1.807) is 18.2 Å². The van der Waals surface area contributed by atoms with Crippen molar-refractivity contribution in [3.05, 3.63) is 60.7 Å². The van der Waals surface area contributed by atoms with Crippen molar-refractivity contribution in [1.82, 2.24) is 4.98 Å². The molecule has 1 heterocycles. The fourth-order valence-corrected chi connectivity index (χ4v) is 3.21. The molecule has 0 atom stereocenters. The summed E-state index contributed by atoms with van der Waals surface area (Å²) in [5.74, 6) is 0.507. The second-order valence-electron chi connectivity index (χ2n) is 5.64. The van der Waals surface area contributed by atoms with Crippen LogP contribution in [0.3, 0.4) is 0 Å². The van der Waals surface area contributed by atoms with Gasteiger partial charge in [0.25, 0.3) is 0 Å². The fraction of sp³-hybridized carbons (Fsp3) is 0.0556. The van der Waals surface area contributed by atoms with Crippen LogP contribution in [-0.2, 0) is 10.0 Å². The Balaban J connectivity index is 1.78. The topological polar surface area (TPSA) is 72.2 Å². The first-order valence-corrected chi connectivity index (χ1v) is 9.25. The molecule has 0 aliphatic heterocycles. The van der Waals surface area contributed by atoms with Crippen molar-refractivity contribution in [2.24, 2.45) is 0 Å². The highest BCUT2D eigenvalue weighted by Gasteiger charge is 2.10. The van der Waals surface area contributed by atoms with Gasteiger partial charge in [-0.2, -0.15) is 0 Å². The summed E-state index contributed by atoms with van der Waals surface area (Å²) in [6.07, 6.45) is 1.11. The average Bonchev–Trinajstić information content (AvgIpc) is 2.96. The standard InChI is InChI=1S/C18H14N2O3S/c1-24(21,22)20-15-8-9-17-16(11-15)19-18(23-17)14-7-6-12-4-2-3-5-13(12)10-14/h2-11,20H,1H3. The molecule has 6 heteroatoms. The van der Waals surface area contributed by atoms with E-state index in [-0.39, 0.29) is 0 Å². The van der Waals surface area contributed by atoms with Gasteiger partial charge in [0.15, 0.2) is 5.58 Å². The quantitative estimate of drug-likeness (QED) is 0.612. The highest BCUT2D eigenvalue weighted by atomic mass is 32.2. The van der Waals surface area contributed by atoms with Crippen LogP contribution >= 0.6 is 0 Å². The minimum Gasteiger partial charge on any atom is -0.436 e. The van der Waals surface area contributed by atoms with Crippen molar-refractivity contribution in [2.75, 3.05) is 11.0 Å². The van der Waals surface area contributed by atoms with Gasteiger partial charge in [0, 0.05) is 5.56 Å². The molecule has 0 saturated carbocycles. The first kappa shape index (κ1) is 14.7. The number of oxazole rings is 1. The van der Waals surface area contributed by atoms with Crippen molar-refractivity contribution in [3.8, 4) is 11.5 Å².